The minimum Gasteiger partial charge on any atom is -0.459 e. The van der Waals surface area contributed by atoms with E-state index in [1.807, 2.05) is 35.0 Å². The number of benzene rings is 1. The van der Waals surface area contributed by atoms with Crippen LogP contribution in [0.1, 0.15) is 41.0 Å². The predicted molar refractivity (Wildman–Crippen MR) is 138 cm³/mol. The number of carbonyl (C=O) groups is 1. The third-order valence-corrected chi connectivity index (χ3v) is 9.92. The van der Waals surface area contributed by atoms with Gasteiger partial charge in [-0.3, -0.25) is 0 Å². The molecule has 0 aliphatic heterocycles. The summed E-state index contributed by atoms with van der Waals surface area (Å²) in [5, 5.41) is 15.4. The second-order valence-electron chi connectivity index (χ2n) is 10.4. The molecular weight excluding hydrogens is 462 g/mol. The first-order valence-corrected chi connectivity index (χ1v) is 14.0. The van der Waals surface area contributed by atoms with Crippen molar-refractivity contribution >= 4 is 28.6 Å². The number of nitrogens with zero attached hydrogens (tertiary/aromatic N) is 1. The van der Waals surface area contributed by atoms with Crippen molar-refractivity contribution in [1.82, 2.24) is 0 Å². The molecule has 2 fully saturated rings. The molecule has 1 N–H and O–H groups in total. The second-order valence-corrected chi connectivity index (χ2v) is 12.3. The van der Waals surface area contributed by atoms with Crippen LogP contribution in [-0.2, 0) is 21.6 Å². The van der Waals surface area contributed by atoms with Crippen molar-refractivity contribution in [2.45, 2.75) is 49.9 Å². The van der Waals surface area contributed by atoms with Gasteiger partial charge in [-0.05, 0) is 54.1 Å². The average Bonchev–Trinajstić information content (AvgIpc) is 3.64. The fourth-order valence-electron chi connectivity index (χ4n) is 6.46. The minimum absolute atomic E-state index is 0.116. The molecule has 34 heavy (non-hydrogen) atoms. The van der Waals surface area contributed by atoms with E-state index in [1.165, 1.54) is 34.7 Å². The lowest BCUT2D eigenvalue weighted by Gasteiger charge is -2.39. The molecule has 2 aromatic heterocycles. The Bertz CT molecular complexity index is 1040. The topological polar surface area (TPSA) is 46.5 Å². The van der Waals surface area contributed by atoms with Crippen LogP contribution in [0.4, 0.5) is 0 Å². The first-order chi connectivity index (χ1) is 16.4. The Hall–Kier alpha value is -1.99. The van der Waals surface area contributed by atoms with Gasteiger partial charge in [0.25, 0.3) is 0 Å². The van der Waals surface area contributed by atoms with Crippen molar-refractivity contribution in [1.29, 1.82) is 0 Å². The van der Waals surface area contributed by atoms with Gasteiger partial charge in [-0.1, -0.05) is 42.5 Å². The fourth-order valence-corrected chi connectivity index (χ4v) is 8.17. The molecule has 0 radical (unpaired) electrons. The zero-order valence-electron chi connectivity index (χ0n) is 19.9. The summed E-state index contributed by atoms with van der Waals surface area (Å²) >= 11 is 2.79. The predicted octanol–water partition coefficient (Wildman–Crippen LogP) is 5.47. The Morgan fingerprint density at radius 2 is 1.71 bits per heavy atom. The van der Waals surface area contributed by atoms with Crippen LogP contribution in [0.5, 0.6) is 0 Å². The minimum atomic E-state index is -1.72. The second kappa shape index (κ2) is 9.57. The van der Waals surface area contributed by atoms with E-state index in [1.54, 1.807) is 0 Å². The number of carbonyl (C=O) groups excluding carboxylic acids is 1. The van der Waals surface area contributed by atoms with Crippen LogP contribution in [0.2, 0.25) is 0 Å². The lowest BCUT2D eigenvalue weighted by Crippen LogP contribution is -2.53. The van der Waals surface area contributed by atoms with Crippen LogP contribution in [0.3, 0.4) is 0 Å². The molecular formula is C28H34NO3S2+. The van der Waals surface area contributed by atoms with Crippen molar-refractivity contribution < 1.29 is 19.1 Å². The number of hydrogen-bond acceptors (Lipinski definition) is 5. The Labute approximate surface area is 210 Å². The summed E-state index contributed by atoms with van der Waals surface area (Å²) in [6.45, 7) is 1.11. The number of quaternary nitrogens is 1. The lowest BCUT2D eigenvalue weighted by atomic mass is 9.96. The Morgan fingerprint density at radius 1 is 1.03 bits per heavy atom. The summed E-state index contributed by atoms with van der Waals surface area (Å²) < 4.78 is 7.14. The number of esters is 1. The molecule has 2 saturated carbocycles. The molecule has 2 aliphatic carbocycles. The molecule has 2 heterocycles. The van der Waals surface area contributed by atoms with Crippen LogP contribution < -0.4 is 0 Å². The standard InChI is InChI=1S/C28H34NO3S2/c1-29(2,16-6-11-20-9-4-3-5-10-20)26-21-14-15-22(26)23(19-21)32-27(30)28(31,24-12-7-17-33-24)25-13-8-18-34-25/h3-5,7-10,12-13,17-18,21-23,26,31H,6,11,14-16,19H2,1-2H3/q+1. The van der Waals surface area contributed by atoms with E-state index in [-0.39, 0.29) is 6.10 Å². The van der Waals surface area contributed by atoms with Gasteiger partial charge in [-0.15, -0.1) is 22.7 Å². The molecule has 0 saturated heterocycles. The van der Waals surface area contributed by atoms with Gasteiger partial charge < -0.3 is 14.3 Å². The zero-order chi connectivity index (χ0) is 23.8. The van der Waals surface area contributed by atoms with Crippen molar-refractivity contribution in [3.05, 3.63) is 80.7 Å². The van der Waals surface area contributed by atoms with Gasteiger partial charge in [0.05, 0.1) is 36.4 Å². The van der Waals surface area contributed by atoms with E-state index in [9.17, 15) is 9.90 Å². The molecule has 3 aromatic rings. The summed E-state index contributed by atoms with van der Waals surface area (Å²) in [7, 11) is 4.69. The number of fused-ring (bicyclic) bond motifs is 2. The largest absolute Gasteiger partial charge is 0.459 e. The lowest BCUT2D eigenvalue weighted by molar-refractivity contribution is -0.919. The smallest absolute Gasteiger partial charge is 0.349 e. The van der Waals surface area contributed by atoms with Crippen LogP contribution in [0.25, 0.3) is 0 Å². The van der Waals surface area contributed by atoms with Gasteiger partial charge in [0.2, 0.25) is 5.60 Å². The van der Waals surface area contributed by atoms with E-state index in [0.717, 1.165) is 36.7 Å². The van der Waals surface area contributed by atoms with Crippen molar-refractivity contribution in [2.24, 2.45) is 11.8 Å². The van der Waals surface area contributed by atoms with E-state index in [2.05, 4.69) is 44.4 Å². The van der Waals surface area contributed by atoms with E-state index < -0.39 is 11.6 Å². The number of hydrogen-bond donors (Lipinski definition) is 1. The molecule has 180 valence electrons. The summed E-state index contributed by atoms with van der Waals surface area (Å²) in [5.41, 5.74) is -0.329. The molecule has 0 spiro atoms. The average molecular weight is 497 g/mol. The quantitative estimate of drug-likeness (QED) is 0.316. The Kier molecular flexibility index (Phi) is 6.68. The number of rotatable bonds is 9. The van der Waals surface area contributed by atoms with Gasteiger partial charge in [0.15, 0.2) is 0 Å². The first-order valence-electron chi connectivity index (χ1n) is 12.3. The van der Waals surface area contributed by atoms with Crippen molar-refractivity contribution in [2.75, 3.05) is 20.6 Å². The SMILES string of the molecule is C[N+](C)(CCCc1ccccc1)C1C2CCC1C(OC(=O)C(O)(c1cccs1)c1cccs1)C2. The molecule has 0 amide bonds. The fraction of sp³-hybridized carbons (Fsp3) is 0.464. The van der Waals surface area contributed by atoms with E-state index in [4.69, 9.17) is 4.74 Å². The highest BCUT2D eigenvalue weighted by atomic mass is 32.1. The number of aryl methyl sites for hydroxylation is 1. The molecule has 4 nitrogen and oxygen atoms in total. The molecule has 4 atom stereocenters. The first kappa shape index (κ1) is 23.7. The number of ether oxygens (including phenoxy) is 1. The Balaban J connectivity index is 1.27. The third kappa shape index (κ3) is 4.37. The van der Waals surface area contributed by atoms with Gasteiger partial charge >= 0.3 is 5.97 Å². The molecule has 1 aromatic carbocycles. The van der Waals surface area contributed by atoms with Gasteiger partial charge in [-0.25, -0.2) is 4.79 Å². The van der Waals surface area contributed by atoms with Crippen molar-refractivity contribution in [3.63, 3.8) is 0 Å². The summed E-state index contributed by atoms with van der Waals surface area (Å²) in [5.74, 6) is 0.408. The summed E-state index contributed by atoms with van der Waals surface area (Å²) in [6, 6.07) is 18.6. The zero-order valence-corrected chi connectivity index (χ0v) is 21.6. The summed E-state index contributed by atoms with van der Waals surface area (Å²) in [4.78, 5) is 14.8. The van der Waals surface area contributed by atoms with Gasteiger partial charge in [0, 0.05) is 18.3 Å². The Morgan fingerprint density at radius 3 is 2.32 bits per heavy atom. The maximum Gasteiger partial charge on any atom is 0.349 e. The van der Waals surface area contributed by atoms with Gasteiger partial charge in [-0.2, -0.15) is 0 Å². The number of thiophene rings is 2. The van der Waals surface area contributed by atoms with Crippen LogP contribution in [-0.4, -0.2) is 48.3 Å². The third-order valence-electron chi connectivity index (χ3n) is 7.96. The highest BCUT2D eigenvalue weighted by molar-refractivity contribution is 7.12. The molecule has 5 rings (SSSR count). The van der Waals surface area contributed by atoms with Crippen LogP contribution in [0, 0.1) is 11.8 Å². The van der Waals surface area contributed by atoms with Gasteiger partial charge in [0.1, 0.15) is 6.10 Å². The molecule has 4 unspecified atom stereocenters. The molecule has 6 heteroatoms. The maximum absolute atomic E-state index is 13.5. The number of aliphatic hydroxyl groups is 1. The maximum atomic E-state index is 13.5. The van der Waals surface area contributed by atoms with E-state index >= 15 is 0 Å². The van der Waals surface area contributed by atoms with E-state index in [0.29, 0.717) is 27.6 Å². The summed E-state index contributed by atoms with van der Waals surface area (Å²) in [6.07, 6.45) is 5.35. The molecule has 2 bridgehead atoms. The van der Waals surface area contributed by atoms with Crippen LogP contribution in [0.15, 0.2) is 65.4 Å². The monoisotopic (exact) mass is 496 g/mol. The highest BCUT2D eigenvalue weighted by Gasteiger charge is 2.58. The van der Waals surface area contributed by atoms with Crippen LogP contribution >= 0.6 is 22.7 Å². The normalized spacial score (nSPS) is 24.4. The molecule has 2 aliphatic rings. The highest BCUT2D eigenvalue weighted by Crippen LogP contribution is 2.51. The van der Waals surface area contributed by atoms with Crippen molar-refractivity contribution in [3.8, 4) is 0 Å².